The molecule has 0 spiro atoms. The molecule has 2 aliphatic heterocycles. The van der Waals surface area contributed by atoms with Crippen molar-refractivity contribution in [2.75, 3.05) is 39.8 Å². The molecule has 1 fully saturated rings. The first kappa shape index (κ1) is 20.3. The number of likely N-dealkylation sites (N-methyl/N-ethyl adjacent to an activating group) is 1. The summed E-state index contributed by atoms with van der Waals surface area (Å²) >= 11 is 1.79. The van der Waals surface area contributed by atoms with Gasteiger partial charge in [0.1, 0.15) is 6.61 Å². The Hall–Kier alpha value is -2.64. The maximum absolute atomic E-state index is 12.9. The Balaban J connectivity index is 1.16. The number of benzene rings is 2. The summed E-state index contributed by atoms with van der Waals surface area (Å²) in [5.41, 5.74) is 1.08. The van der Waals surface area contributed by atoms with E-state index in [1.165, 1.54) is 9.71 Å². The number of likely N-dealkylation sites (tertiary alicyclic amines) is 1. The third kappa shape index (κ3) is 4.52. The minimum atomic E-state index is -0.152. The first-order valence-corrected chi connectivity index (χ1v) is 11.7. The van der Waals surface area contributed by atoms with E-state index in [2.05, 4.69) is 23.1 Å². The Kier molecular flexibility index (Phi) is 5.78. The van der Waals surface area contributed by atoms with Gasteiger partial charge in [-0.05, 0) is 43.7 Å². The predicted molar refractivity (Wildman–Crippen MR) is 122 cm³/mol. The van der Waals surface area contributed by atoms with Crippen LogP contribution in [0.25, 0.3) is 10.2 Å². The summed E-state index contributed by atoms with van der Waals surface area (Å²) in [7, 11) is 1.85. The van der Waals surface area contributed by atoms with Crippen molar-refractivity contribution in [3.63, 3.8) is 0 Å². The average Bonchev–Trinajstić information content (AvgIpc) is 3.23. The topological polar surface area (TPSA) is 54.9 Å². The number of carbonyl (C=O) groups excluding carboxylic acids is 1. The lowest BCUT2D eigenvalue weighted by molar-refractivity contribution is -0.132. The minimum absolute atomic E-state index is 0.118. The molecule has 0 bridgehead atoms. The molecule has 2 aromatic carbocycles. The van der Waals surface area contributed by atoms with Gasteiger partial charge in [-0.25, -0.2) is 4.98 Å². The number of nitrogens with zero attached hydrogens (tertiary/aromatic N) is 3. The quantitative estimate of drug-likeness (QED) is 0.608. The molecule has 1 saturated heterocycles. The monoisotopic (exact) mass is 437 g/mol. The number of para-hydroxylation sites is 3. The van der Waals surface area contributed by atoms with Crippen molar-refractivity contribution in [3.05, 3.63) is 53.5 Å². The Morgan fingerprint density at radius 3 is 2.87 bits per heavy atom. The predicted octanol–water partition coefficient (Wildman–Crippen LogP) is 3.77. The van der Waals surface area contributed by atoms with Gasteiger partial charge in [-0.2, -0.15) is 0 Å². The van der Waals surface area contributed by atoms with E-state index in [1.807, 2.05) is 37.4 Å². The molecule has 2 aliphatic rings. The van der Waals surface area contributed by atoms with Gasteiger partial charge in [0.15, 0.2) is 17.6 Å². The van der Waals surface area contributed by atoms with Crippen molar-refractivity contribution >= 4 is 27.5 Å². The van der Waals surface area contributed by atoms with E-state index in [1.54, 1.807) is 16.2 Å². The number of thiazole rings is 1. The zero-order valence-electron chi connectivity index (χ0n) is 17.7. The van der Waals surface area contributed by atoms with Gasteiger partial charge in [0.2, 0.25) is 5.91 Å². The third-order valence-electron chi connectivity index (χ3n) is 5.99. The van der Waals surface area contributed by atoms with Crippen LogP contribution in [0.15, 0.2) is 48.5 Å². The van der Waals surface area contributed by atoms with Crippen LogP contribution in [0.3, 0.4) is 0 Å². The molecule has 31 heavy (non-hydrogen) atoms. The van der Waals surface area contributed by atoms with Crippen molar-refractivity contribution in [1.29, 1.82) is 0 Å². The molecule has 0 N–H and O–H groups in total. The molecule has 3 aromatic rings. The Morgan fingerprint density at radius 2 is 2.00 bits per heavy atom. The first-order chi connectivity index (χ1) is 15.2. The van der Waals surface area contributed by atoms with E-state index in [0.29, 0.717) is 25.6 Å². The maximum Gasteiger partial charge on any atom is 0.236 e. The van der Waals surface area contributed by atoms with Crippen LogP contribution in [0.4, 0.5) is 0 Å². The number of piperidine rings is 1. The molecule has 1 aromatic heterocycles. The number of rotatable bonds is 5. The molecule has 7 heteroatoms. The summed E-state index contributed by atoms with van der Waals surface area (Å²) in [5.74, 6) is 2.03. The molecule has 5 rings (SSSR count). The lowest BCUT2D eigenvalue weighted by Gasteiger charge is -2.33. The molecule has 2 atom stereocenters. The van der Waals surface area contributed by atoms with Crippen LogP contribution >= 0.6 is 11.3 Å². The van der Waals surface area contributed by atoms with E-state index >= 15 is 0 Å². The highest BCUT2D eigenvalue weighted by Crippen LogP contribution is 2.33. The maximum atomic E-state index is 12.9. The van der Waals surface area contributed by atoms with Crippen molar-refractivity contribution in [1.82, 2.24) is 14.8 Å². The molecule has 2 unspecified atom stereocenters. The highest BCUT2D eigenvalue weighted by Gasteiger charge is 2.28. The molecule has 0 saturated carbocycles. The third-order valence-corrected chi connectivity index (χ3v) is 7.19. The fourth-order valence-corrected chi connectivity index (χ4v) is 5.43. The highest BCUT2D eigenvalue weighted by atomic mass is 32.1. The van der Waals surface area contributed by atoms with Gasteiger partial charge in [0, 0.05) is 19.5 Å². The summed E-state index contributed by atoms with van der Waals surface area (Å²) in [6.07, 6.45) is 2.07. The van der Waals surface area contributed by atoms with E-state index < -0.39 is 0 Å². The van der Waals surface area contributed by atoms with Gasteiger partial charge in [0.05, 0.1) is 28.3 Å². The summed E-state index contributed by atoms with van der Waals surface area (Å²) in [6, 6.07) is 16.0. The van der Waals surface area contributed by atoms with Gasteiger partial charge >= 0.3 is 0 Å². The number of fused-ring (bicyclic) bond motifs is 2. The van der Waals surface area contributed by atoms with Gasteiger partial charge in [0.25, 0.3) is 0 Å². The van der Waals surface area contributed by atoms with Gasteiger partial charge in [-0.15, -0.1) is 11.3 Å². The minimum Gasteiger partial charge on any atom is -0.486 e. The van der Waals surface area contributed by atoms with Crippen LogP contribution in [-0.2, 0) is 4.79 Å². The van der Waals surface area contributed by atoms with Crippen molar-refractivity contribution in [2.45, 2.75) is 24.9 Å². The molecule has 0 radical (unpaired) electrons. The molecule has 1 amide bonds. The average molecular weight is 438 g/mol. The smallest absolute Gasteiger partial charge is 0.236 e. The first-order valence-electron chi connectivity index (χ1n) is 10.9. The molecular weight excluding hydrogens is 410 g/mol. The molecular formula is C24H27N3O3S. The van der Waals surface area contributed by atoms with E-state index in [9.17, 15) is 4.79 Å². The summed E-state index contributed by atoms with van der Waals surface area (Å²) in [6.45, 7) is 3.25. The highest BCUT2D eigenvalue weighted by molar-refractivity contribution is 7.18. The van der Waals surface area contributed by atoms with Crippen LogP contribution in [-0.4, -0.2) is 66.6 Å². The number of amides is 1. The van der Waals surface area contributed by atoms with Crippen molar-refractivity contribution < 1.29 is 14.3 Å². The molecule has 6 nitrogen and oxygen atoms in total. The van der Waals surface area contributed by atoms with Crippen LogP contribution in [0.5, 0.6) is 11.5 Å². The van der Waals surface area contributed by atoms with Crippen LogP contribution in [0, 0.1) is 0 Å². The second-order valence-corrected chi connectivity index (χ2v) is 9.43. The lowest BCUT2D eigenvalue weighted by atomic mass is 9.99. The van der Waals surface area contributed by atoms with E-state index in [0.717, 1.165) is 42.9 Å². The van der Waals surface area contributed by atoms with Gasteiger partial charge in [-0.1, -0.05) is 24.3 Å². The van der Waals surface area contributed by atoms with E-state index in [-0.39, 0.29) is 12.0 Å². The molecule has 3 heterocycles. The van der Waals surface area contributed by atoms with Gasteiger partial charge in [-0.3, -0.25) is 9.69 Å². The van der Waals surface area contributed by atoms with Crippen LogP contribution < -0.4 is 9.47 Å². The Morgan fingerprint density at radius 1 is 1.19 bits per heavy atom. The van der Waals surface area contributed by atoms with Gasteiger partial charge < -0.3 is 14.4 Å². The van der Waals surface area contributed by atoms with Crippen LogP contribution in [0.2, 0.25) is 0 Å². The van der Waals surface area contributed by atoms with Crippen LogP contribution in [0.1, 0.15) is 23.8 Å². The summed E-state index contributed by atoms with van der Waals surface area (Å²) in [5, 5.41) is 1.19. The summed E-state index contributed by atoms with van der Waals surface area (Å²) in [4.78, 5) is 21.8. The fourth-order valence-electron chi connectivity index (χ4n) is 4.34. The standard InChI is InChI=1S/C24H27N3O3S/c1-26(14-18-16-29-20-9-3-4-10-21(20)30-18)23(28)15-27-12-6-7-17(13-27)24-25-19-8-2-5-11-22(19)31-24/h2-5,8-11,17-18H,6-7,12-16H2,1H3. The fraction of sp³-hybridized carbons (Fsp3) is 0.417. The molecule has 0 aliphatic carbocycles. The Labute approximate surface area is 186 Å². The van der Waals surface area contributed by atoms with Crippen molar-refractivity contribution in [3.8, 4) is 11.5 Å². The zero-order chi connectivity index (χ0) is 21.2. The van der Waals surface area contributed by atoms with E-state index in [4.69, 9.17) is 14.5 Å². The second-order valence-electron chi connectivity index (χ2n) is 8.37. The number of hydrogen-bond donors (Lipinski definition) is 0. The zero-order valence-corrected chi connectivity index (χ0v) is 18.5. The number of ether oxygens (including phenoxy) is 2. The summed E-state index contributed by atoms with van der Waals surface area (Å²) < 4.78 is 13.0. The Bertz CT molecular complexity index is 1040. The lowest BCUT2D eigenvalue weighted by Crippen LogP contribution is -2.46. The number of hydrogen-bond acceptors (Lipinski definition) is 6. The SMILES string of the molecule is CN(CC1COc2ccccc2O1)C(=O)CN1CCCC(c2nc3ccccc3s2)C1. The second kappa shape index (κ2) is 8.85. The number of carbonyl (C=O) groups is 1. The largest absolute Gasteiger partial charge is 0.486 e. The normalized spacial score (nSPS) is 21.2. The molecule has 162 valence electrons. The number of aromatic nitrogens is 1. The van der Waals surface area contributed by atoms with Crippen molar-refractivity contribution in [2.24, 2.45) is 0 Å².